The summed E-state index contributed by atoms with van der Waals surface area (Å²) in [5.74, 6) is -2.69. The van der Waals surface area contributed by atoms with Gasteiger partial charge in [-0.15, -0.1) is 0 Å². The van der Waals surface area contributed by atoms with E-state index >= 15 is 0 Å². The average Bonchev–Trinajstić information content (AvgIpc) is 2.63. The molecular formula is C20H20FNO5. The molecule has 0 aliphatic heterocycles. The van der Waals surface area contributed by atoms with Crippen molar-refractivity contribution in [2.24, 2.45) is 0 Å². The van der Waals surface area contributed by atoms with Gasteiger partial charge in [-0.2, -0.15) is 0 Å². The monoisotopic (exact) mass is 373 g/mol. The van der Waals surface area contributed by atoms with Crippen molar-refractivity contribution in [3.63, 3.8) is 0 Å². The van der Waals surface area contributed by atoms with Crippen LogP contribution in [0, 0.1) is 5.82 Å². The number of carboxylic acid groups (broad SMARTS) is 1. The summed E-state index contributed by atoms with van der Waals surface area (Å²) in [4.78, 5) is 35.3. The molecule has 27 heavy (non-hydrogen) atoms. The van der Waals surface area contributed by atoms with Crippen molar-refractivity contribution in [3.05, 3.63) is 65.0 Å². The third-order valence-corrected chi connectivity index (χ3v) is 4.11. The summed E-state index contributed by atoms with van der Waals surface area (Å²) in [6.45, 7) is 1.28. The number of ether oxygens (including phenoxy) is 1. The van der Waals surface area contributed by atoms with Crippen LogP contribution in [0.1, 0.15) is 34.3 Å². The van der Waals surface area contributed by atoms with Gasteiger partial charge in [0.2, 0.25) is 5.91 Å². The maximum Gasteiger partial charge on any atom is 0.312 e. The van der Waals surface area contributed by atoms with Gasteiger partial charge in [-0.1, -0.05) is 12.1 Å². The zero-order chi connectivity index (χ0) is 20.0. The molecule has 142 valence electrons. The Kier molecular flexibility index (Phi) is 6.65. The van der Waals surface area contributed by atoms with Crippen LogP contribution in [0.15, 0.2) is 42.5 Å². The van der Waals surface area contributed by atoms with E-state index in [0.29, 0.717) is 22.4 Å². The Bertz CT molecular complexity index is 848. The number of carbonyl (C=O) groups is 3. The van der Waals surface area contributed by atoms with Crippen LogP contribution in [-0.2, 0) is 16.0 Å². The quantitative estimate of drug-likeness (QED) is 0.694. The molecule has 0 spiro atoms. The van der Waals surface area contributed by atoms with Crippen LogP contribution in [0.4, 0.5) is 4.39 Å². The van der Waals surface area contributed by atoms with E-state index in [1.165, 1.54) is 38.3 Å². The number of amides is 1. The first-order valence-electron chi connectivity index (χ1n) is 8.24. The maximum atomic E-state index is 13.0. The Morgan fingerprint density at radius 1 is 1.15 bits per heavy atom. The number of hydrogen-bond donors (Lipinski definition) is 2. The normalized spacial score (nSPS) is 11.5. The Labute approximate surface area is 156 Å². The van der Waals surface area contributed by atoms with Crippen LogP contribution < -0.4 is 10.1 Å². The third kappa shape index (κ3) is 5.37. The standard InChI is InChI=1S/C20H20FNO5/c1-12(23)14-5-8-18(27-2)15(9-14)10-19(24)22-11-17(20(25)26)13-3-6-16(21)7-4-13/h3-9,17H,10-11H2,1-2H3,(H,22,24)(H,25,26). The minimum atomic E-state index is -1.13. The maximum absolute atomic E-state index is 13.0. The molecule has 1 atom stereocenters. The van der Waals surface area contributed by atoms with E-state index < -0.39 is 23.6 Å². The van der Waals surface area contributed by atoms with Crippen LogP contribution in [0.25, 0.3) is 0 Å². The van der Waals surface area contributed by atoms with Crippen molar-refractivity contribution >= 4 is 17.7 Å². The highest BCUT2D eigenvalue weighted by Gasteiger charge is 2.21. The highest BCUT2D eigenvalue weighted by molar-refractivity contribution is 5.94. The SMILES string of the molecule is COc1ccc(C(C)=O)cc1CC(=O)NCC(C(=O)O)c1ccc(F)cc1. The second-order valence-corrected chi connectivity index (χ2v) is 6.01. The molecule has 2 aromatic rings. The molecule has 6 nitrogen and oxygen atoms in total. The van der Waals surface area contributed by atoms with Gasteiger partial charge in [0, 0.05) is 17.7 Å². The number of rotatable bonds is 8. The molecule has 0 aromatic heterocycles. The average molecular weight is 373 g/mol. The number of nitrogens with one attached hydrogen (secondary N) is 1. The number of carboxylic acids is 1. The van der Waals surface area contributed by atoms with Crippen LogP contribution in [-0.4, -0.2) is 36.4 Å². The molecule has 0 aliphatic carbocycles. The van der Waals surface area contributed by atoms with E-state index in [9.17, 15) is 23.9 Å². The van der Waals surface area contributed by atoms with E-state index in [-0.39, 0.29) is 18.7 Å². The minimum Gasteiger partial charge on any atom is -0.496 e. The van der Waals surface area contributed by atoms with Gasteiger partial charge in [-0.3, -0.25) is 14.4 Å². The fraction of sp³-hybridized carbons (Fsp3) is 0.250. The molecule has 1 amide bonds. The number of ketones is 1. The fourth-order valence-corrected chi connectivity index (χ4v) is 2.63. The van der Waals surface area contributed by atoms with Crippen molar-refractivity contribution < 1.29 is 28.6 Å². The number of aliphatic carboxylic acids is 1. The second kappa shape index (κ2) is 8.93. The van der Waals surface area contributed by atoms with E-state index in [2.05, 4.69) is 5.32 Å². The first-order chi connectivity index (χ1) is 12.8. The first kappa shape index (κ1) is 20.1. The Morgan fingerprint density at radius 3 is 2.37 bits per heavy atom. The van der Waals surface area contributed by atoms with Crippen molar-refractivity contribution in [2.45, 2.75) is 19.3 Å². The van der Waals surface area contributed by atoms with E-state index in [4.69, 9.17) is 4.74 Å². The minimum absolute atomic E-state index is 0.0694. The van der Waals surface area contributed by atoms with Crippen LogP contribution in [0.5, 0.6) is 5.75 Å². The lowest BCUT2D eigenvalue weighted by molar-refractivity contribution is -0.138. The summed E-state index contributed by atoms with van der Waals surface area (Å²) in [6, 6.07) is 9.89. The largest absolute Gasteiger partial charge is 0.496 e. The van der Waals surface area contributed by atoms with E-state index in [1.807, 2.05) is 0 Å². The summed E-state index contributed by atoms with van der Waals surface area (Å²) in [7, 11) is 1.46. The van der Waals surface area contributed by atoms with Gasteiger partial charge >= 0.3 is 5.97 Å². The van der Waals surface area contributed by atoms with Gasteiger partial charge in [0.15, 0.2) is 5.78 Å². The Hall–Kier alpha value is -3.22. The van der Waals surface area contributed by atoms with Crippen molar-refractivity contribution in [1.82, 2.24) is 5.32 Å². The van der Waals surface area contributed by atoms with Gasteiger partial charge in [0.25, 0.3) is 0 Å². The van der Waals surface area contributed by atoms with Gasteiger partial charge < -0.3 is 15.2 Å². The zero-order valence-corrected chi connectivity index (χ0v) is 15.0. The zero-order valence-electron chi connectivity index (χ0n) is 15.0. The smallest absolute Gasteiger partial charge is 0.312 e. The molecule has 1 unspecified atom stereocenters. The predicted octanol–water partition coefficient (Wildman–Crippen LogP) is 2.56. The van der Waals surface area contributed by atoms with Crippen molar-refractivity contribution in [1.29, 1.82) is 0 Å². The lowest BCUT2D eigenvalue weighted by Gasteiger charge is -2.15. The summed E-state index contributed by atoms with van der Waals surface area (Å²) in [5, 5.41) is 11.9. The summed E-state index contributed by atoms with van der Waals surface area (Å²) in [5.41, 5.74) is 1.37. The van der Waals surface area contributed by atoms with Gasteiger partial charge in [-0.25, -0.2) is 4.39 Å². The molecule has 0 saturated carbocycles. The topological polar surface area (TPSA) is 92.7 Å². The molecule has 7 heteroatoms. The van der Waals surface area contributed by atoms with Gasteiger partial charge in [0.05, 0.1) is 19.4 Å². The molecule has 0 radical (unpaired) electrons. The van der Waals surface area contributed by atoms with Crippen LogP contribution in [0.3, 0.4) is 0 Å². The predicted molar refractivity (Wildman–Crippen MR) is 96.5 cm³/mol. The number of Topliss-reactive ketones (excluding diaryl/α,β-unsaturated/α-hetero) is 1. The van der Waals surface area contributed by atoms with Gasteiger partial charge in [-0.05, 0) is 42.8 Å². The molecule has 0 bridgehead atoms. The fourth-order valence-electron chi connectivity index (χ4n) is 2.63. The molecule has 0 saturated heterocycles. The number of halogens is 1. The molecule has 2 N–H and O–H groups in total. The summed E-state index contributed by atoms with van der Waals surface area (Å²) >= 11 is 0. The van der Waals surface area contributed by atoms with Crippen LogP contribution in [0.2, 0.25) is 0 Å². The second-order valence-electron chi connectivity index (χ2n) is 6.01. The molecule has 0 heterocycles. The Balaban J connectivity index is 2.08. The van der Waals surface area contributed by atoms with Crippen LogP contribution >= 0.6 is 0 Å². The first-order valence-corrected chi connectivity index (χ1v) is 8.24. The van der Waals surface area contributed by atoms with Crippen molar-refractivity contribution in [2.75, 3.05) is 13.7 Å². The molecular weight excluding hydrogens is 353 g/mol. The lowest BCUT2D eigenvalue weighted by atomic mass is 9.99. The number of benzene rings is 2. The lowest BCUT2D eigenvalue weighted by Crippen LogP contribution is -2.32. The van der Waals surface area contributed by atoms with Crippen molar-refractivity contribution in [3.8, 4) is 5.75 Å². The highest BCUT2D eigenvalue weighted by Crippen LogP contribution is 2.21. The molecule has 0 fully saturated rings. The van der Waals surface area contributed by atoms with E-state index in [0.717, 1.165) is 0 Å². The van der Waals surface area contributed by atoms with Gasteiger partial charge in [0.1, 0.15) is 11.6 Å². The number of hydrogen-bond acceptors (Lipinski definition) is 4. The number of methoxy groups -OCH3 is 1. The third-order valence-electron chi connectivity index (χ3n) is 4.11. The molecule has 2 rings (SSSR count). The Morgan fingerprint density at radius 2 is 1.81 bits per heavy atom. The highest BCUT2D eigenvalue weighted by atomic mass is 19.1. The van der Waals surface area contributed by atoms with E-state index in [1.54, 1.807) is 18.2 Å². The number of carbonyl (C=O) groups excluding carboxylic acids is 2. The summed E-state index contributed by atoms with van der Waals surface area (Å²) in [6.07, 6.45) is -0.0694. The molecule has 0 aliphatic rings. The summed E-state index contributed by atoms with van der Waals surface area (Å²) < 4.78 is 18.2. The molecule has 2 aromatic carbocycles.